The largest absolute Gasteiger partial charge is 0.375 e. The monoisotopic (exact) mass is 425 g/mol. The molecule has 9 heteroatoms. The number of carbonyl (C=O) groups is 2. The molecule has 1 aromatic heterocycles. The van der Waals surface area contributed by atoms with E-state index in [1.54, 1.807) is 24.3 Å². The fourth-order valence-corrected chi connectivity index (χ4v) is 3.49. The molecule has 30 heavy (non-hydrogen) atoms. The SMILES string of the molecule is COCC(=O)Nc1ccc(NC(=O)CSc2nnc(C)n2Cc2ccccc2)cc1. The summed E-state index contributed by atoms with van der Waals surface area (Å²) in [5.41, 5.74) is 2.42. The lowest BCUT2D eigenvalue weighted by Gasteiger charge is -2.09. The number of thioether (sulfide) groups is 1. The minimum absolute atomic E-state index is 0.00985. The van der Waals surface area contributed by atoms with Gasteiger partial charge in [0.05, 0.1) is 12.3 Å². The van der Waals surface area contributed by atoms with Crippen molar-refractivity contribution >= 4 is 35.0 Å². The molecular formula is C21H23N5O3S. The van der Waals surface area contributed by atoms with Crippen LogP contribution in [0.2, 0.25) is 0 Å². The number of rotatable bonds is 9. The lowest BCUT2D eigenvalue weighted by Crippen LogP contribution is -2.17. The zero-order chi connectivity index (χ0) is 21.3. The Morgan fingerprint density at radius 3 is 2.23 bits per heavy atom. The molecule has 2 aromatic carbocycles. The summed E-state index contributed by atoms with van der Waals surface area (Å²) in [6.45, 7) is 2.54. The Balaban J connectivity index is 1.53. The van der Waals surface area contributed by atoms with E-state index in [9.17, 15) is 9.59 Å². The Hall–Kier alpha value is -3.17. The normalized spacial score (nSPS) is 10.6. The smallest absolute Gasteiger partial charge is 0.250 e. The van der Waals surface area contributed by atoms with E-state index in [1.165, 1.54) is 18.9 Å². The van der Waals surface area contributed by atoms with Crippen LogP contribution in [0.15, 0.2) is 59.8 Å². The van der Waals surface area contributed by atoms with Crippen LogP contribution in [-0.4, -0.2) is 46.0 Å². The summed E-state index contributed by atoms with van der Waals surface area (Å²) in [6, 6.07) is 16.9. The second-order valence-electron chi connectivity index (χ2n) is 6.50. The van der Waals surface area contributed by atoms with E-state index in [0.29, 0.717) is 23.1 Å². The summed E-state index contributed by atoms with van der Waals surface area (Å²) in [5.74, 6) is 0.621. The zero-order valence-electron chi connectivity index (χ0n) is 16.8. The molecule has 0 atom stereocenters. The minimum atomic E-state index is -0.236. The highest BCUT2D eigenvalue weighted by Crippen LogP contribution is 2.19. The van der Waals surface area contributed by atoms with Crippen molar-refractivity contribution < 1.29 is 14.3 Å². The molecule has 0 radical (unpaired) electrons. The Bertz CT molecular complexity index is 990. The van der Waals surface area contributed by atoms with Crippen molar-refractivity contribution in [2.45, 2.75) is 18.6 Å². The van der Waals surface area contributed by atoms with Gasteiger partial charge in [0.1, 0.15) is 12.4 Å². The average molecular weight is 426 g/mol. The first-order valence-electron chi connectivity index (χ1n) is 9.30. The fourth-order valence-electron chi connectivity index (χ4n) is 2.71. The molecule has 0 spiro atoms. The van der Waals surface area contributed by atoms with Crippen molar-refractivity contribution in [3.8, 4) is 0 Å². The summed E-state index contributed by atoms with van der Waals surface area (Å²) in [5, 5.41) is 14.6. The first kappa shape index (κ1) is 21.5. The molecule has 0 saturated carbocycles. The van der Waals surface area contributed by atoms with Gasteiger partial charge in [-0.2, -0.15) is 0 Å². The van der Waals surface area contributed by atoms with E-state index >= 15 is 0 Å². The number of hydrogen-bond donors (Lipinski definition) is 2. The molecule has 3 aromatic rings. The molecule has 0 fully saturated rings. The van der Waals surface area contributed by atoms with Crippen molar-refractivity contribution in [2.75, 3.05) is 30.1 Å². The Kier molecular flexibility index (Phi) is 7.58. The van der Waals surface area contributed by atoms with Gasteiger partial charge in [-0.3, -0.25) is 9.59 Å². The molecule has 2 N–H and O–H groups in total. The number of aromatic nitrogens is 3. The van der Waals surface area contributed by atoms with Gasteiger partial charge in [0.25, 0.3) is 0 Å². The molecular weight excluding hydrogens is 402 g/mol. The van der Waals surface area contributed by atoms with Crippen LogP contribution >= 0.6 is 11.8 Å². The number of aryl methyl sites for hydroxylation is 1. The quantitative estimate of drug-likeness (QED) is 0.512. The standard InChI is InChI=1S/C21H23N5O3S/c1-15-24-25-21(26(15)12-16-6-4-3-5-7-16)30-14-20(28)23-18-10-8-17(9-11-18)22-19(27)13-29-2/h3-11H,12-14H2,1-2H3,(H,22,27)(H,23,28). The van der Waals surface area contributed by atoms with E-state index in [-0.39, 0.29) is 24.2 Å². The van der Waals surface area contributed by atoms with Crippen molar-refractivity contribution in [2.24, 2.45) is 0 Å². The highest BCUT2D eigenvalue weighted by molar-refractivity contribution is 7.99. The second-order valence-corrected chi connectivity index (χ2v) is 7.44. The third-order valence-corrected chi connectivity index (χ3v) is 5.11. The van der Waals surface area contributed by atoms with Gasteiger partial charge < -0.3 is 19.9 Å². The molecule has 0 aliphatic heterocycles. The van der Waals surface area contributed by atoms with E-state index in [4.69, 9.17) is 4.74 Å². The molecule has 2 amide bonds. The van der Waals surface area contributed by atoms with Gasteiger partial charge in [0, 0.05) is 18.5 Å². The van der Waals surface area contributed by atoms with E-state index in [2.05, 4.69) is 20.8 Å². The number of nitrogens with zero attached hydrogens (tertiary/aromatic N) is 3. The van der Waals surface area contributed by atoms with Gasteiger partial charge in [-0.1, -0.05) is 42.1 Å². The van der Waals surface area contributed by atoms with Crippen LogP contribution in [0.5, 0.6) is 0 Å². The van der Waals surface area contributed by atoms with Crippen LogP contribution in [0.1, 0.15) is 11.4 Å². The molecule has 156 valence electrons. The van der Waals surface area contributed by atoms with Crippen molar-refractivity contribution in [3.63, 3.8) is 0 Å². The number of benzene rings is 2. The molecule has 0 bridgehead atoms. The van der Waals surface area contributed by atoms with Crippen molar-refractivity contribution in [3.05, 3.63) is 66.0 Å². The third kappa shape index (κ3) is 6.16. The zero-order valence-corrected chi connectivity index (χ0v) is 17.6. The maximum absolute atomic E-state index is 12.3. The van der Waals surface area contributed by atoms with Crippen LogP contribution < -0.4 is 10.6 Å². The Labute approximate surface area is 179 Å². The number of amides is 2. The van der Waals surface area contributed by atoms with Crippen LogP contribution in [0.4, 0.5) is 11.4 Å². The highest BCUT2D eigenvalue weighted by Gasteiger charge is 2.12. The number of methoxy groups -OCH3 is 1. The van der Waals surface area contributed by atoms with Crippen molar-refractivity contribution in [1.82, 2.24) is 14.8 Å². The Morgan fingerprint density at radius 2 is 1.60 bits per heavy atom. The third-order valence-electron chi connectivity index (χ3n) is 4.15. The number of carbonyl (C=O) groups excluding carboxylic acids is 2. The van der Waals surface area contributed by atoms with Gasteiger partial charge in [-0.25, -0.2) is 0 Å². The number of nitrogens with one attached hydrogen (secondary N) is 2. The summed E-state index contributed by atoms with van der Waals surface area (Å²) < 4.78 is 6.77. The number of anilines is 2. The predicted molar refractivity (Wildman–Crippen MR) is 117 cm³/mol. The first-order valence-corrected chi connectivity index (χ1v) is 10.3. The number of ether oxygens (including phenoxy) is 1. The van der Waals surface area contributed by atoms with E-state index < -0.39 is 0 Å². The molecule has 0 saturated heterocycles. The van der Waals surface area contributed by atoms with Crippen LogP contribution in [-0.2, 0) is 20.9 Å². The number of hydrogen-bond acceptors (Lipinski definition) is 6. The fraction of sp³-hybridized carbons (Fsp3) is 0.238. The lowest BCUT2D eigenvalue weighted by atomic mass is 10.2. The minimum Gasteiger partial charge on any atom is -0.375 e. The predicted octanol–water partition coefficient (Wildman–Crippen LogP) is 2.95. The van der Waals surface area contributed by atoms with Crippen molar-refractivity contribution in [1.29, 1.82) is 0 Å². The molecule has 1 heterocycles. The second kappa shape index (κ2) is 10.6. The molecule has 8 nitrogen and oxygen atoms in total. The van der Waals surface area contributed by atoms with Crippen LogP contribution in [0.3, 0.4) is 0 Å². The van der Waals surface area contributed by atoms with Gasteiger partial charge in [0.2, 0.25) is 11.8 Å². The average Bonchev–Trinajstić information content (AvgIpc) is 3.08. The summed E-state index contributed by atoms with van der Waals surface area (Å²) in [4.78, 5) is 23.9. The summed E-state index contributed by atoms with van der Waals surface area (Å²) in [7, 11) is 1.46. The van der Waals surface area contributed by atoms with Crippen LogP contribution in [0, 0.1) is 6.92 Å². The summed E-state index contributed by atoms with van der Waals surface area (Å²) in [6.07, 6.45) is 0. The first-order chi connectivity index (χ1) is 14.5. The Morgan fingerprint density at radius 1 is 0.967 bits per heavy atom. The molecule has 0 unspecified atom stereocenters. The van der Waals surface area contributed by atoms with Gasteiger partial charge in [-0.15, -0.1) is 10.2 Å². The van der Waals surface area contributed by atoms with Crippen LogP contribution in [0.25, 0.3) is 0 Å². The summed E-state index contributed by atoms with van der Waals surface area (Å²) >= 11 is 1.34. The van der Waals surface area contributed by atoms with E-state index in [0.717, 1.165) is 11.4 Å². The maximum atomic E-state index is 12.3. The van der Waals surface area contributed by atoms with Gasteiger partial charge in [-0.05, 0) is 36.8 Å². The van der Waals surface area contributed by atoms with Gasteiger partial charge >= 0.3 is 0 Å². The topological polar surface area (TPSA) is 98.1 Å². The molecule has 0 aliphatic carbocycles. The molecule has 3 rings (SSSR count). The van der Waals surface area contributed by atoms with E-state index in [1.807, 2.05) is 41.8 Å². The highest BCUT2D eigenvalue weighted by atomic mass is 32.2. The maximum Gasteiger partial charge on any atom is 0.250 e. The van der Waals surface area contributed by atoms with Gasteiger partial charge in [0.15, 0.2) is 5.16 Å². The molecule has 0 aliphatic rings. The lowest BCUT2D eigenvalue weighted by molar-refractivity contribution is -0.119.